The summed E-state index contributed by atoms with van der Waals surface area (Å²) in [5.74, 6) is 1.83. The van der Waals surface area contributed by atoms with Crippen LogP contribution in [-0.4, -0.2) is 15.7 Å². The van der Waals surface area contributed by atoms with Gasteiger partial charge in [0.15, 0.2) is 5.82 Å². The average molecular weight is 482 g/mol. The van der Waals surface area contributed by atoms with Crippen LogP contribution in [0, 0.1) is 13.8 Å². The van der Waals surface area contributed by atoms with Crippen molar-refractivity contribution in [3.8, 4) is 5.69 Å². The van der Waals surface area contributed by atoms with Gasteiger partial charge in [0, 0.05) is 5.56 Å². The fraction of sp³-hybridized carbons (Fsp3) is 0.125. The Bertz CT molecular complexity index is 1620. The van der Waals surface area contributed by atoms with E-state index >= 15 is 0 Å². The highest BCUT2D eigenvalue weighted by atomic mass is 15.5. The molecule has 2 aliphatic rings. The van der Waals surface area contributed by atoms with Crippen LogP contribution in [0.15, 0.2) is 114 Å². The molecule has 0 aliphatic carbocycles. The molecule has 4 aromatic carbocycles. The first-order valence-corrected chi connectivity index (χ1v) is 12.7. The number of benzene rings is 4. The fourth-order valence-electron chi connectivity index (χ4n) is 5.52. The maximum atomic E-state index is 5.36. The molecule has 0 fully saturated rings. The quantitative estimate of drug-likeness (QED) is 0.275. The third-order valence-corrected chi connectivity index (χ3v) is 7.29. The van der Waals surface area contributed by atoms with Gasteiger partial charge in [-0.2, -0.15) is 10.1 Å². The molecule has 0 amide bonds. The summed E-state index contributed by atoms with van der Waals surface area (Å²) in [7, 11) is 0. The van der Waals surface area contributed by atoms with Gasteiger partial charge in [-0.1, -0.05) is 90.5 Å². The normalized spacial score (nSPS) is 15.7. The van der Waals surface area contributed by atoms with Gasteiger partial charge in [-0.3, -0.25) is 4.90 Å². The van der Waals surface area contributed by atoms with Gasteiger partial charge in [0.2, 0.25) is 5.96 Å². The van der Waals surface area contributed by atoms with E-state index in [1.807, 2.05) is 22.9 Å². The monoisotopic (exact) mass is 481 g/mol. The topological polar surface area (TPSA) is 36.7 Å². The number of hydrogen-bond acceptors (Lipinski definition) is 4. The summed E-state index contributed by atoms with van der Waals surface area (Å²) in [6.45, 7) is 4.97. The molecular formula is C32H27N5. The SMILES string of the molecule is Cc1ccc([C@@H]2c3c(C)nn(-c4ccccc4)c3N=C3N(Cc4ccccc4)c4ccccc4N32)cc1. The van der Waals surface area contributed by atoms with Crippen LogP contribution in [0.2, 0.25) is 0 Å². The lowest BCUT2D eigenvalue weighted by Crippen LogP contribution is -2.42. The van der Waals surface area contributed by atoms with E-state index in [4.69, 9.17) is 10.1 Å². The van der Waals surface area contributed by atoms with Crippen molar-refractivity contribution in [2.45, 2.75) is 26.4 Å². The van der Waals surface area contributed by atoms with Crippen molar-refractivity contribution in [1.29, 1.82) is 0 Å². The zero-order chi connectivity index (χ0) is 24.9. The number of hydrogen-bond donors (Lipinski definition) is 0. The Balaban J connectivity index is 1.48. The summed E-state index contributed by atoms with van der Waals surface area (Å²) < 4.78 is 2.00. The minimum Gasteiger partial charge on any atom is -0.305 e. The van der Waals surface area contributed by atoms with Crippen molar-refractivity contribution < 1.29 is 0 Å². The predicted octanol–water partition coefficient (Wildman–Crippen LogP) is 7.11. The Kier molecular flexibility index (Phi) is 4.96. The van der Waals surface area contributed by atoms with E-state index in [-0.39, 0.29) is 6.04 Å². The standard InChI is InChI=1S/C32H27N5/c1-22-17-19-25(20-18-22)30-29-23(2)34-37(26-13-7-4-8-14-26)31(29)33-32-35(21-24-11-5-3-6-12-24)27-15-9-10-16-28(27)36(30)32/h3-20,30H,21H2,1-2H3/t30-/m1/s1. The predicted molar refractivity (Wildman–Crippen MR) is 150 cm³/mol. The number of aryl methyl sites for hydroxylation is 2. The molecule has 2 aliphatic heterocycles. The third-order valence-electron chi connectivity index (χ3n) is 7.29. The van der Waals surface area contributed by atoms with E-state index in [2.05, 4.69) is 115 Å². The van der Waals surface area contributed by atoms with Crippen LogP contribution in [0.4, 0.5) is 17.2 Å². The van der Waals surface area contributed by atoms with Crippen LogP contribution >= 0.6 is 0 Å². The van der Waals surface area contributed by atoms with Gasteiger partial charge >= 0.3 is 0 Å². The molecule has 7 rings (SSSR count). The minimum atomic E-state index is -0.0394. The van der Waals surface area contributed by atoms with E-state index < -0.39 is 0 Å². The van der Waals surface area contributed by atoms with Gasteiger partial charge < -0.3 is 4.90 Å². The van der Waals surface area contributed by atoms with Crippen molar-refractivity contribution in [1.82, 2.24) is 9.78 Å². The number of guanidine groups is 1. The first-order chi connectivity index (χ1) is 18.2. The molecule has 0 radical (unpaired) electrons. The van der Waals surface area contributed by atoms with Gasteiger partial charge in [-0.15, -0.1) is 0 Å². The smallest absolute Gasteiger partial charge is 0.213 e. The van der Waals surface area contributed by atoms with Gasteiger partial charge in [-0.25, -0.2) is 4.68 Å². The number of fused-ring (bicyclic) bond motifs is 4. The number of aromatic nitrogens is 2. The van der Waals surface area contributed by atoms with Crippen molar-refractivity contribution in [3.05, 3.63) is 137 Å². The fourth-order valence-corrected chi connectivity index (χ4v) is 5.52. The molecule has 0 N–H and O–H groups in total. The Morgan fingerprint density at radius 2 is 1.35 bits per heavy atom. The van der Waals surface area contributed by atoms with Gasteiger partial charge in [0.25, 0.3) is 0 Å². The second-order valence-electron chi connectivity index (χ2n) is 9.73. The molecule has 0 saturated heterocycles. The molecule has 0 saturated carbocycles. The molecule has 1 aromatic heterocycles. The lowest BCUT2D eigenvalue weighted by atomic mass is 9.94. The van der Waals surface area contributed by atoms with Crippen LogP contribution in [0.3, 0.4) is 0 Å². The Morgan fingerprint density at radius 3 is 2.08 bits per heavy atom. The van der Waals surface area contributed by atoms with E-state index in [1.54, 1.807) is 0 Å². The number of nitrogens with zero attached hydrogens (tertiary/aromatic N) is 5. The molecular weight excluding hydrogens is 454 g/mol. The highest BCUT2D eigenvalue weighted by Gasteiger charge is 2.44. The summed E-state index contributed by atoms with van der Waals surface area (Å²) >= 11 is 0. The van der Waals surface area contributed by atoms with Crippen LogP contribution in [0.25, 0.3) is 5.69 Å². The van der Waals surface area contributed by atoms with E-state index in [0.29, 0.717) is 0 Å². The lowest BCUT2D eigenvalue weighted by Gasteiger charge is -2.35. The third kappa shape index (κ3) is 3.46. The molecule has 3 heterocycles. The highest BCUT2D eigenvalue weighted by molar-refractivity contribution is 6.18. The van der Waals surface area contributed by atoms with Crippen LogP contribution < -0.4 is 9.80 Å². The zero-order valence-corrected chi connectivity index (χ0v) is 20.9. The van der Waals surface area contributed by atoms with Crippen molar-refractivity contribution in [3.63, 3.8) is 0 Å². The maximum absolute atomic E-state index is 5.36. The summed E-state index contributed by atoms with van der Waals surface area (Å²) in [4.78, 5) is 10.1. The largest absolute Gasteiger partial charge is 0.305 e. The lowest BCUT2D eigenvalue weighted by molar-refractivity contribution is 0.810. The van der Waals surface area contributed by atoms with Crippen LogP contribution in [0.5, 0.6) is 0 Å². The molecule has 180 valence electrons. The molecule has 5 aromatic rings. The molecule has 0 unspecified atom stereocenters. The van der Waals surface area contributed by atoms with Crippen molar-refractivity contribution in [2.75, 3.05) is 9.80 Å². The van der Waals surface area contributed by atoms with Crippen molar-refractivity contribution >= 4 is 23.2 Å². The Hall–Kier alpha value is -4.64. The van der Waals surface area contributed by atoms with Crippen LogP contribution in [0.1, 0.15) is 34.0 Å². The summed E-state index contributed by atoms with van der Waals surface area (Å²) in [6, 6.07) is 38.4. The number of anilines is 2. The van der Waals surface area contributed by atoms with Crippen LogP contribution in [-0.2, 0) is 6.54 Å². The summed E-state index contributed by atoms with van der Waals surface area (Å²) in [6.07, 6.45) is 0. The van der Waals surface area contributed by atoms with Crippen molar-refractivity contribution in [2.24, 2.45) is 4.99 Å². The van der Waals surface area contributed by atoms with E-state index in [1.165, 1.54) is 28.1 Å². The number of rotatable bonds is 4. The summed E-state index contributed by atoms with van der Waals surface area (Å²) in [5, 5.41) is 5.01. The average Bonchev–Trinajstić information content (AvgIpc) is 3.44. The molecule has 5 heteroatoms. The summed E-state index contributed by atoms with van der Waals surface area (Å²) in [5.41, 5.74) is 9.21. The first-order valence-electron chi connectivity index (χ1n) is 12.7. The second kappa shape index (κ2) is 8.49. The Labute approximate surface area is 216 Å². The molecule has 0 spiro atoms. The Morgan fingerprint density at radius 1 is 0.703 bits per heavy atom. The molecule has 0 bridgehead atoms. The maximum Gasteiger partial charge on any atom is 0.213 e. The first kappa shape index (κ1) is 21.6. The zero-order valence-electron chi connectivity index (χ0n) is 20.9. The van der Waals surface area contributed by atoms with Gasteiger partial charge in [-0.05, 0) is 49.2 Å². The molecule has 5 nitrogen and oxygen atoms in total. The number of aliphatic imine (C=N–C) groups is 1. The van der Waals surface area contributed by atoms with Gasteiger partial charge in [0.1, 0.15) is 0 Å². The second-order valence-corrected chi connectivity index (χ2v) is 9.73. The van der Waals surface area contributed by atoms with E-state index in [0.717, 1.165) is 35.3 Å². The van der Waals surface area contributed by atoms with E-state index in [9.17, 15) is 0 Å². The number of para-hydroxylation sites is 3. The van der Waals surface area contributed by atoms with Gasteiger partial charge in [0.05, 0.1) is 35.3 Å². The molecule has 1 atom stereocenters. The minimum absolute atomic E-state index is 0.0394. The highest BCUT2D eigenvalue weighted by Crippen LogP contribution is 2.50. The molecule has 37 heavy (non-hydrogen) atoms.